The molecule has 1 aromatic rings. The summed E-state index contributed by atoms with van der Waals surface area (Å²) in [6, 6.07) is 7.04. The number of rotatable bonds is 3. The maximum Gasteiger partial charge on any atom is 0.139 e. The van der Waals surface area contributed by atoms with Gasteiger partial charge in [-0.25, -0.2) is 0 Å². The highest BCUT2D eigenvalue weighted by atomic mass is 35.5. The maximum absolute atomic E-state index is 8.83. The Bertz CT molecular complexity index is 414. The van der Waals surface area contributed by atoms with Crippen molar-refractivity contribution in [3.63, 3.8) is 0 Å². The van der Waals surface area contributed by atoms with Gasteiger partial charge in [-0.3, -0.25) is 0 Å². The normalized spacial score (nSPS) is 9.20. The molecule has 0 radical (unpaired) electrons. The van der Waals surface area contributed by atoms with E-state index in [-0.39, 0.29) is 0 Å². The number of ether oxygens (including phenoxy) is 1. The fraction of sp³-hybridized carbons (Fsp3) is 0.250. The van der Waals surface area contributed by atoms with Crippen LogP contribution in [0.4, 0.5) is 0 Å². The van der Waals surface area contributed by atoms with Crippen LogP contribution >= 0.6 is 11.6 Å². The number of hydrogen-bond donors (Lipinski definition) is 0. The van der Waals surface area contributed by atoms with Crippen molar-refractivity contribution in [1.29, 1.82) is 5.26 Å². The van der Waals surface area contributed by atoms with Gasteiger partial charge in [0.25, 0.3) is 0 Å². The van der Waals surface area contributed by atoms with Crippen molar-refractivity contribution in [2.75, 3.05) is 6.61 Å². The molecule has 0 aromatic heterocycles. The molecule has 0 saturated carbocycles. The van der Waals surface area contributed by atoms with Crippen LogP contribution in [0, 0.1) is 11.3 Å². The average molecular weight is 222 g/mol. The van der Waals surface area contributed by atoms with Crippen LogP contribution in [0.1, 0.15) is 19.4 Å². The van der Waals surface area contributed by atoms with Crippen molar-refractivity contribution in [3.8, 4) is 11.8 Å². The Hall–Kier alpha value is -1.46. The van der Waals surface area contributed by atoms with Crippen LogP contribution in [-0.2, 0) is 0 Å². The van der Waals surface area contributed by atoms with Gasteiger partial charge < -0.3 is 4.74 Å². The summed E-state index contributed by atoms with van der Waals surface area (Å²) in [4.78, 5) is 0. The lowest BCUT2D eigenvalue weighted by Crippen LogP contribution is -1.96. The summed E-state index contributed by atoms with van der Waals surface area (Å²) in [5.41, 5.74) is 1.68. The zero-order valence-corrected chi connectivity index (χ0v) is 9.51. The van der Waals surface area contributed by atoms with Crippen LogP contribution in [-0.4, -0.2) is 6.61 Å². The average Bonchev–Trinajstić information content (AvgIpc) is 2.17. The van der Waals surface area contributed by atoms with E-state index in [2.05, 4.69) is 6.07 Å². The fourth-order valence-corrected chi connectivity index (χ4v) is 1.17. The molecule has 2 nitrogen and oxygen atoms in total. The first-order valence-electron chi connectivity index (χ1n) is 4.59. The predicted octanol–water partition coefficient (Wildman–Crippen LogP) is 3.56. The molecule has 15 heavy (non-hydrogen) atoms. The standard InChI is InChI=1S/C12H12ClNO/c1-9(2)5-6-15-12-7-11(13)4-3-10(12)8-14/h3-5,7H,6H2,1-2H3. The molecule has 0 aliphatic heterocycles. The summed E-state index contributed by atoms with van der Waals surface area (Å²) in [7, 11) is 0. The van der Waals surface area contributed by atoms with E-state index in [0.29, 0.717) is 22.9 Å². The van der Waals surface area contributed by atoms with Crippen LogP contribution in [0.3, 0.4) is 0 Å². The van der Waals surface area contributed by atoms with Crippen molar-refractivity contribution >= 4 is 11.6 Å². The fourth-order valence-electron chi connectivity index (χ4n) is 1.01. The van der Waals surface area contributed by atoms with Crippen molar-refractivity contribution in [1.82, 2.24) is 0 Å². The lowest BCUT2D eigenvalue weighted by atomic mass is 10.2. The summed E-state index contributed by atoms with van der Waals surface area (Å²) in [6.07, 6.45) is 1.95. The molecule has 0 N–H and O–H groups in total. The number of nitrogens with zero attached hydrogens (tertiary/aromatic N) is 1. The Morgan fingerprint density at radius 1 is 1.53 bits per heavy atom. The molecular formula is C12H12ClNO. The van der Waals surface area contributed by atoms with Crippen molar-refractivity contribution in [3.05, 3.63) is 40.4 Å². The Balaban J connectivity index is 2.80. The molecule has 0 amide bonds. The summed E-state index contributed by atoms with van der Waals surface area (Å²) in [6.45, 7) is 4.44. The Morgan fingerprint density at radius 2 is 2.27 bits per heavy atom. The van der Waals surface area contributed by atoms with E-state index in [4.69, 9.17) is 21.6 Å². The summed E-state index contributed by atoms with van der Waals surface area (Å²) < 4.78 is 5.44. The molecule has 0 aliphatic carbocycles. The second-order valence-electron chi connectivity index (χ2n) is 3.34. The van der Waals surface area contributed by atoms with Gasteiger partial charge in [-0.2, -0.15) is 5.26 Å². The van der Waals surface area contributed by atoms with E-state index in [1.165, 1.54) is 5.57 Å². The third-order valence-corrected chi connectivity index (χ3v) is 2.03. The van der Waals surface area contributed by atoms with E-state index in [1.54, 1.807) is 18.2 Å². The second-order valence-corrected chi connectivity index (χ2v) is 3.78. The van der Waals surface area contributed by atoms with Gasteiger partial charge in [-0.1, -0.05) is 17.2 Å². The Kier molecular flexibility index (Phi) is 4.20. The highest BCUT2D eigenvalue weighted by Crippen LogP contribution is 2.22. The summed E-state index contributed by atoms with van der Waals surface area (Å²) >= 11 is 5.81. The second kappa shape index (κ2) is 5.43. The van der Waals surface area contributed by atoms with E-state index in [0.717, 1.165) is 0 Å². The minimum Gasteiger partial charge on any atom is -0.488 e. The van der Waals surface area contributed by atoms with Crippen LogP contribution in [0.15, 0.2) is 29.8 Å². The quantitative estimate of drug-likeness (QED) is 0.732. The first-order chi connectivity index (χ1) is 7.13. The SMILES string of the molecule is CC(C)=CCOc1cc(Cl)ccc1C#N. The van der Waals surface area contributed by atoms with E-state index in [1.807, 2.05) is 19.9 Å². The zero-order chi connectivity index (χ0) is 11.3. The van der Waals surface area contributed by atoms with Gasteiger partial charge >= 0.3 is 0 Å². The summed E-state index contributed by atoms with van der Waals surface area (Å²) in [5, 5.41) is 9.40. The molecule has 0 spiro atoms. The Labute approximate surface area is 94.7 Å². The molecule has 1 aromatic carbocycles. The molecular weight excluding hydrogens is 210 g/mol. The molecule has 0 aliphatic rings. The third-order valence-electron chi connectivity index (χ3n) is 1.79. The van der Waals surface area contributed by atoms with Crippen molar-refractivity contribution < 1.29 is 4.74 Å². The molecule has 0 saturated heterocycles. The number of nitriles is 1. The van der Waals surface area contributed by atoms with Gasteiger partial charge in [0.2, 0.25) is 0 Å². The Morgan fingerprint density at radius 3 is 2.87 bits per heavy atom. The first kappa shape index (κ1) is 11.6. The van der Waals surface area contributed by atoms with E-state index < -0.39 is 0 Å². The monoisotopic (exact) mass is 221 g/mol. The van der Waals surface area contributed by atoms with Gasteiger partial charge in [-0.05, 0) is 32.1 Å². The van der Waals surface area contributed by atoms with Crippen LogP contribution < -0.4 is 4.74 Å². The van der Waals surface area contributed by atoms with Gasteiger partial charge in [-0.15, -0.1) is 0 Å². The summed E-state index contributed by atoms with van der Waals surface area (Å²) in [5.74, 6) is 0.530. The molecule has 0 unspecified atom stereocenters. The minimum absolute atomic E-state index is 0.456. The molecule has 0 bridgehead atoms. The van der Waals surface area contributed by atoms with E-state index >= 15 is 0 Å². The highest BCUT2D eigenvalue weighted by molar-refractivity contribution is 6.30. The lowest BCUT2D eigenvalue weighted by molar-refractivity contribution is 0.361. The minimum atomic E-state index is 0.456. The van der Waals surface area contributed by atoms with Crippen LogP contribution in [0.5, 0.6) is 5.75 Å². The molecule has 3 heteroatoms. The number of allylic oxidation sites excluding steroid dienone is 1. The molecule has 0 heterocycles. The van der Waals surface area contributed by atoms with Gasteiger partial charge in [0, 0.05) is 11.1 Å². The molecule has 78 valence electrons. The van der Waals surface area contributed by atoms with Crippen LogP contribution in [0.2, 0.25) is 5.02 Å². The third kappa shape index (κ3) is 3.65. The smallest absolute Gasteiger partial charge is 0.139 e. The maximum atomic E-state index is 8.83. The van der Waals surface area contributed by atoms with E-state index in [9.17, 15) is 0 Å². The van der Waals surface area contributed by atoms with Gasteiger partial charge in [0.05, 0.1) is 5.56 Å². The lowest BCUT2D eigenvalue weighted by Gasteiger charge is -2.05. The zero-order valence-electron chi connectivity index (χ0n) is 8.75. The molecule has 0 fully saturated rings. The topological polar surface area (TPSA) is 33.0 Å². The number of halogens is 1. The predicted molar refractivity (Wildman–Crippen MR) is 61.1 cm³/mol. The van der Waals surface area contributed by atoms with Crippen molar-refractivity contribution in [2.24, 2.45) is 0 Å². The number of hydrogen-bond acceptors (Lipinski definition) is 2. The molecule has 0 atom stereocenters. The van der Waals surface area contributed by atoms with Gasteiger partial charge in [0.1, 0.15) is 18.4 Å². The first-order valence-corrected chi connectivity index (χ1v) is 4.97. The largest absolute Gasteiger partial charge is 0.488 e. The molecule has 1 rings (SSSR count). The van der Waals surface area contributed by atoms with Gasteiger partial charge in [0.15, 0.2) is 0 Å². The highest BCUT2D eigenvalue weighted by Gasteiger charge is 2.02. The van der Waals surface area contributed by atoms with Crippen molar-refractivity contribution in [2.45, 2.75) is 13.8 Å². The number of benzene rings is 1. The van der Waals surface area contributed by atoms with Crippen LogP contribution in [0.25, 0.3) is 0 Å².